The normalized spacial score (nSPS) is 10.6. The van der Waals surface area contributed by atoms with Gasteiger partial charge in [0.1, 0.15) is 0 Å². The summed E-state index contributed by atoms with van der Waals surface area (Å²) >= 11 is 12.1. The van der Waals surface area contributed by atoms with Gasteiger partial charge < -0.3 is 10.5 Å². The van der Waals surface area contributed by atoms with Crippen LogP contribution in [0.1, 0.15) is 11.1 Å². The molecule has 0 amide bonds. The first-order valence-corrected chi connectivity index (χ1v) is 6.27. The molecule has 2 N–H and O–H groups in total. The predicted octanol–water partition coefficient (Wildman–Crippen LogP) is 4.29. The molecule has 0 unspecified atom stereocenters. The van der Waals surface area contributed by atoms with Gasteiger partial charge in [-0.1, -0.05) is 47.5 Å². The zero-order valence-electron chi connectivity index (χ0n) is 9.70. The summed E-state index contributed by atoms with van der Waals surface area (Å²) in [6, 6.07) is 13.0. The summed E-state index contributed by atoms with van der Waals surface area (Å²) in [4.78, 5) is 0. The number of nitrogens with two attached hydrogens (primary N) is 1. The minimum atomic E-state index is 0.435. The topological polar surface area (TPSA) is 35.2 Å². The van der Waals surface area contributed by atoms with Gasteiger partial charge in [0, 0.05) is 15.7 Å². The predicted molar refractivity (Wildman–Crippen MR) is 75.8 cm³/mol. The Kier molecular flexibility index (Phi) is 4.48. The van der Waals surface area contributed by atoms with Crippen molar-refractivity contribution in [2.75, 3.05) is 5.73 Å². The lowest BCUT2D eigenvalue weighted by molar-refractivity contribution is 0.107. The lowest BCUT2D eigenvalue weighted by atomic mass is 10.2. The Morgan fingerprint density at radius 3 is 2.22 bits per heavy atom. The third kappa shape index (κ3) is 3.39. The highest BCUT2D eigenvalue weighted by Gasteiger charge is 2.03. The largest absolute Gasteiger partial charge is 0.399 e. The standard InChI is InChI=1S/C14H13Cl2NO/c15-13-4-2-1-3-10(13)8-18-9-11-5-6-12(17)7-14(11)16/h1-7H,8-9,17H2. The van der Waals surface area contributed by atoms with Gasteiger partial charge in [0.05, 0.1) is 13.2 Å². The Balaban J connectivity index is 1.95. The van der Waals surface area contributed by atoms with Crippen molar-refractivity contribution in [1.82, 2.24) is 0 Å². The van der Waals surface area contributed by atoms with Crippen molar-refractivity contribution in [2.45, 2.75) is 13.2 Å². The van der Waals surface area contributed by atoms with Crippen LogP contribution in [0, 0.1) is 0 Å². The van der Waals surface area contributed by atoms with Gasteiger partial charge in [-0.25, -0.2) is 0 Å². The molecule has 0 heterocycles. The van der Waals surface area contributed by atoms with E-state index in [0.717, 1.165) is 11.1 Å². The minimum absolute atomic E-state index is 0.435. The molecule has 2 nitrogen and oxygen atoms in total. The average molecular weight is 282 g/mol. The smallest absolute Gasteiger partial charge is 0.0735 e. The summed E-state index contributed by atoms with van der Waals surface area (Å²) in [5.41, 5.74) is 8.15. The van der Waals surface area contributed by atoms with Crippen molar-refractivity contribution in [3.63, 3.8) is 0 Å². The van der Waals surface area contributed by atoms with E-state index >= 15 is 0 Å². The van der Waals surface area contributed by atoms with Gasteiger partial charge in [-0.3, -0.25) is 0 Å². The molecule has 0 aliphatic rings. The number of halogens is 2. The van der Waals surface area contributed by atoms with Gasteiger partial charge in [-0.05, 0) is 29.3 Å². The van der Waals surface area contributed by atoms with E-state index in [4.69, 9.17) is 33.7 Å². The van der Waals surface area contributed by atoms with E-state index in [9.17, 15) is 0 Å². The first-order valence-electron chi connectivity index (χ1n) is 5.52. The third-order valence-electron chi connectivity index (χ3n) is 2.55. The molecular weight excluding hydrogens is 269 g/mol. The molecule has 0 aliphatic carbocycles. The molecule has 2 aromatic rings. The molecule has 2 aromatic carbocycles. The summed E-state index contributed by atoms with van der Waals surface area (Å²) in [6.45, 7) is 0.894. The second-order valence-corrected chi connectivity index (χ2v) is 4.75. The van der Waals surface area contributed by atoms with E-state index in [1.165, 1.54) is 0 Å². The van der Waals surface area contributed by atoms with E-state index in [-0.39, 0.29) is 0 Å². The molecule has 0 saturated carbocycles. The maximum atomic E-state index is 6.06. The van der Waals surface area contributed by atoms with Crippen molar-refractivity contribution >= 4 is 28.9 Å². The number of hydrogen-bond acceptors (Lipinski definition) is 2. The quantitative estimate of drug-likeness (QED) is 0.849. The lowest BCUT2D eigenvalue weighted by Gasteiger charge is -2.08. The van der Waals surface area contributed by atoms with Crippen molar-refractivity contribution in [3.8, 4) is 0 Å². The first-order chi connectivity index (χ1) is 8.66. The van der Waals surface area contributed by atoms with Crippen LogP contribution in [0.3, 0.4) is 0 Å². The van der Waals surface area contributed by atoms with Gasteiger partial charge in [-0.15, -0.1) is 0 Å². The molecule has 0 saturated heterocycles. The van der Waals surface area contributed by atoms with Gasteiger partial charge in [0.25, 0.3) is 0 Å². The van der Waals surface area contributed by atoms with Crippen molar-refractivity contribution in [1.29, 1.82) is 0 Å². The Bertz CT molecular complexity index is 543. The highest BCUT2D eigenvalue weighted by atomic mass is 35.5. The Hall–Kier alpha value is -1.22. The van der Waals surface area contributed by atoms with Gasteiger partial charge in [-0.2, -0.15) is 0 Å². The zero-order chi connectivity index (χ0) is 13.0. The Morgan fingerprint density at radius 2 is 1.56 bits per heavy atom. The number of rotatable bonds is 4. The van der Waals surface area contributed by atoms with Gasteiger partial charge >= 0.3 is 0 Å². The number of ether oxygens (including phenoxy) is 1. The summed E-state index contributed by atoms with van der Waals surface area (Å²) < 4.78 is 5.60. The Morgan fingerprint density at radius 1 is 0.889 bits per heavy atom. The number of benzene rings is 2. The van der Waals surface area contributed by atoms with Crippen LogP contribution in [0.5, 0.6) is 0 Å². The average Bonchev–Trinajstić information content (AvgIpc) is 2.34. The van der Waals surface area contributed by atoms with Crippen LogP contribution >= 0.6 is 23.2 Å². The van der Waals surface area contributed by atoms with Crippen molar-refractivity contribution < 1.29 is 4.74 Å². The molecule has 0 aromatic heterocycles. The van der Waals surface area contributed by atoms with E-state index in [1.54, 1.807) is 12.1 Å². The Labute approximate surface area is 116 Å². The second kappa shape index (κ2) is 6.10. The highest BCUT2D eigenvalue weighted by Crippen LogP contribution is 2.21. The van der Waals surface area contributed by atoms with Crippen LogP contribution in [0.15, 0.2) is 42.5 Å². The molecule has 18 heavy (non-hydrogen) atoms. The third-order valence-corrected chi connectivity index (χ3v) is 3.27. The van der Waals surface area contributed by atoms with Crippen molar-refractivity contribution in [3.05, 3.63) is 63.6 Å². The van der Waals surface area contributed by atoms with E-state index in [1.807, 2.05) is 30.3 Å². The van der Waals surface area contributed by atoms with Crippen LogP contribution < -0.4 is 5.73 Å². The van der Waals surface area contributed by atoms with Crippen LogP contribution in [-0.4, -0.2) is 0 Å². The maximum Gasteiger partial charge on any atom is 0.0735 e. The monoisotopic (exact) mass is 281 g/mol. The number of hydrogen-bond donors (Lipinski definition) is 1. The van der Waals surface area contributed by atoms with E-state index in [0.29, 0.717) is 28.9 Å². The molecule has 94 valence electrons. The first kappa shape index (κ1) is 13.2. The van der Waals surface area contributed by atoms with Gasteiger partial charge in [0.15, 0.2) is 0 Å². The summed E-state index contributed by atoms with van der Waals surface area (Å²) in [5, 5.41) is 1.33. The lowest BCUT2D eigenvalue weighted by Crippen LogP contribution is -1.96. The van der Waals surface area contributed by atoms with Crippen LogP contribution in [0.4, 0.5) is 5.69 Å². The molecule has 0 fully saturated rings. The van der Waals surface area contributed by atoms with Crippen molar-refractivity contribution in [2.24, 2.45) is 0 Å². The highest BCUT2D eigenvalue weighted by molar-refractivity contribution is 6.31. The summed E-state index contributed by atoms with van der Waals surface area (Å²) in [5.74, 6) is 0. The number of nitrogen functional groups attached to an aromatic ring is 1. The molecule has 2 rings (SSSR count). The SMILES string of the molecule is Nc1ccc(COCc2ccccc2Cl)c(Cl)c1. The van der Waals surface area contributed by atoms with Crippen LogP contribution in [0.25, 0.3) is 0 Å². The fraction of sp³-hybridized carbons (Fsp3) is 0.143. The summed E-state index contributed by atoms with van der Waals surface area (Å²) in [6.07, 6.45) is 0. The van der Waals surface area contributed by atoms with Crippen LogP contribution in [-0.2, 0) is 18.0 Å². The fourth-order valence-corrected chi connectivity index (χ4v) is 2.00. The fourth-order valence-electron chi connectivity index (χ4n) is 1.57. The molecule has 0 aliphatic heterocycles. The molecule has 0 radical (unpaired) electrons. The minimum Gasteiger partial charge on any atom is -0.399 e. The summed E-state index contributed by atoms with van der Waals surface area (Å²) in [7, 11) is 0. The molecule has 0 atom stereocenters. The van der Waals surface area contributed by atoms with Gasteiger partial charge in [0.2, 0.25) is 0 Å². The molecule has 4 heteroatoms. The van der Waals surface area contributed by atoms with E-state index in [2.05, 4.69) is 0 Å². The zero-order valence-corrected chi connectivity index (χ0v) is 11.2. The molecule has 0 bridgehead atoms. The second-order valence-electron chi connectivity index (χ2n) is 3.94. The number of anilines is 1. The van der Waals surface area contributed by atoms with E-state index < -0.39 is 0 Å². The maximum absolute atomic E-state index is 6.06. The van der Waals surface area contributed by atoms with Crippen LogP contribution in [0.2, 0.25) is 10.0 Å². The molecular formula is C14H13Cl2NO. The molecule has 0 spiro atoms.